The molecule has 0 saturated carbocycles. The number of hydrogen-bond acceptors (Lipinski definition) is 4. The molecule has 4 heterocycles. The minimum atomic E-state index is 0.188. The number of H-pyrrole nitrogens is 2. The summed E-state index contributed by atoms with van der Waals surface area (Å²) in [5.41, 5.74) is 4.22. The molecule has 0 bridgehead atoms. The maximum atomic E-state index is 4.60. The van der Waals surface area contributed by atoms with Gasteiger partial charge in [0.1, 0.15) is 5.82 Å². The van der Waals surface area contributed by atoms with E-state index in [1.165, 1.54) is 5.69 Å². The minimum Gasteiger partial charge on any atom is -0.347 e. The maximum absolute atomic E-state index is 4.60. The molecule has 0 fully saturated rings. The SMILES string of the molecule is c1cc2nc(C3Cc4nc[nH]c4CN3)[nH]c2cn1. The number of rotatable bonds is 1. The highest BCUT2D eigenvalue weighted by Gasteiger charge is 2.23. The molecule has 0 saturated heterocycles. The minimum absolute atomic E-state index is 0.188. The van der Waals surface area contributed by atoms with Crippen molar-refractivity contribution >= 4 is 11.0 Å². The lowest BCUT2D eigenvalue weighted by Crippen LogP contribution is -2.29. The predicted molar refractivity (Wildman–Crippen MR) is 65.8 cm³/mol. The summed E-state index contributed by atoms with van der Waals surface area (Å²) in [6.07, 6.45) is 6.16. The lowest BCUT2D eigenvalue weighted by molar-refractivity contribution is 0.472. The summed E-state index contributed by atoms with van der Waals surface area (Å²) in [5.74, 6) is 0.951. The Balaban J connectivity index is 1.72. The number of fused-ring (bicyclic) bond motifs is 2. The molecule has 0 spiro atoms. The zero-order valence-electron chi connectivity index (χ0n) is 9.64. The van der Waals surface area contributed by atoms with Gasteiger partial charge in [0.2, 0.25) is 0 Å². The van der Waals surface area contributed by atoms with Crippen LogP contribution in [0.4, 0.5) is 0 Å². The van der Waals surface area contributed by atoms with Crippen LogP contribution < -0.4 is 5.32 Å². The quantitative estimate of drug-likeness (QED) is 0.594. The van der Waals surface area contributed by atoms with Gasteiger partial charge in [-0.25, -0.2) is 9.97 Å². The molecular weight excluding hydrogens is 228 g/mol. The number of aromatic nitrogens is 5. The Kier molecular flexibility index (Phi) is 1.98. The second-order valence-corrected chi connectivity index (χ2v) is 4.48. The van der Waals surface area contributed by atoms with Crippen molar-refractivity contribution in [3.8, 4) is 0 Å². The molecule has 6 nitrogen and oxygen atoms in total. The Bertz CT molecular complexity index is 664. The highest BCUT2D eigenvalue weighted by atomic mass is 15.1. The summed E-state index contributed by atoms with van der Waals surface area (Å²) >= 11 is 0. The molecule has 0 aromatic carbocycles. The van der Waals surface area contributed by atoms with Gasteiger partial charge in [0, 0.05) is 19.2 Å². The first kappa shape index (κ1) is 9.78. The highest BCUT2D eigenvalue weighted by molar-refractivity contribution is 5.73. The standard InChI is InChI=1S/C12H12N6/c1-2-13-4-11-7(1)17-12(18-11)9-3-8-10(5-14-9)16-6-15-8/h1-2,4,6,9,14H,3,5H2,(H,15,16)(H,17,18). The van der Waals surface area contributed by atoms with Gasteiger partial charge in [-0.05, 0) is 6.07 Å². The molecule has 18 heavy (non-hydrogen) atoms. The highest BCUT2D eigenvalue weighted by Crippen LogP contribution is 2.23. The number of nitrogens with one attached hydrogen (secondary N) is 3. The fraction of sp³-hybridized carbons (Fsp3) is 0.250. The van der Waals surface area contributed by atoms with Gasteiger partial charge in [0.05, 0.1) is 41.0 Å². The van der Waals surface area contributed by atoms with E-state index in [-0.39, 0.29) is 6.04 Å². The monoisotopic (exact) mass is 240 g/mol. The van der Waals surface area contributed by atoms with Gasteiger partial charge in [-0.15, -0.1) is 0 Å². The molecule has 3 N–H and O–H groups in total. The molecule has 3 aromatic heterocycles. The van der Waals surface area contributed by atoms with E-state index in [4.69, 9.17) is 0 Å². The largest absolute Gasteiger partial charge is 0.347 e. The molecule has 1 unspecified atom stereocenters. The van der Waals surface area contributed by atoms with Crippen molar-refractivity contribution in [1.29, 1.82) is 0 Å². The fourth-order valence-corrected chi connectivity index (χ4v) is 2.40. The van der Waals surface area contributed by atoms with E-state index in [1.807, 2.05) is 6.07 Å². The summed E-state index contributed by atoms with van der Waals surface area (Å²) in [4.78, 5) is 19.5. The summed E-state index contributed by atoms with van der Waals surface area (Å²) < 4.78 is 0. The summed E-state index contributed by atoms with van der Waals surface area (Å²) in [5, 5.41) is 3.45. The van der Waals surface area contributed by atoms with Crippen LogP contribution in [0.2, 0.25) is 0 Å². The van der Waals surface area contributed by atoms with Crippen LogP contribution in [0.3, 0.4) is 0 Å². The molecule has 1 aliphatic rings. The average molecular weight is 240 g/mol. The third-order valence-corrected chi connectivity index (χ3v) is 3.36. The first-order valence-electron chi connectivity index (χ1n) is 5.94. The van der Waals surface area contributed by atoms with Crippen molar-refractivity contribution in [3.63, 3.8) is 0 Å². The van der Waals surface area contributed by atoms with Crippen molar-refractivity contribution in [1.82, 2.24) is 30.2 Å². The fourth-order valence-electron chi connectivity index (χ4n) is 2.40. The Morgan fingerprint density at radius 1 is 1.33 bits per heavy atom. The maximum Gasteiger partial charge on any atom is 0.124 e. The van der Waals surface area contributed by atoms with Crippen LogP contribution in [-0.4, -0.2) is 24.9 Å². The van der Waals surface area contributed by atoms with Gasteiger partial charge in [-0.2, -0.15) is 0 Å². The normalized spacial score (nSPS) is 19.0. The van der Waals surface area contributed by atoms with Crippen LogP contribution in [0.15, 0.2) is 24.8 Å². The smallest absolute Gasteiger partial charge is 0.124 e. The van der Waals surface area contributed by atoms with E-state index in [0.29, 0.717) is 0 Å². The first-order valence-corrected chi connectivity index (χ1v) is 5.94. The molecule has 3 aromatic rings. The second-order valence-electron chi connectivity index (χ2n) is 4.48. The Hall–Kier alpha value is -2.21. The first-order chi connectivity index (χ1) is 8.90. The Morgan fingerprint density at radius 2 is 2.33 bits per heavy atom. The lowest BCUT2D eigenvalue weighted by Gasteiger charge is -2.20. The zero-order valence-corrected chi connectivity index (χ0v) is 9.64. The number of nitrogens with zero attached hydrogens (tertiary/aromatic N) is 3. The lowest BCUT2D eigenvalue weighted by atomic mass is 10.1. The van der Waals surface area contributed by atoms with Crippen LogP contribution in [0.1, 0.15) is 23.3 Å². The van der Waals surface area contributed by atoms with E-state index in [0.717, 1.165) is 35.5 Å². The van der Waals surface area contributed by atoms with Crippen molar-refractivity contribution in [2.24, 2.45) is 0 Å². The van der Waals surface area contributed by atoms with E-state index >= 15 is 0 Å². The molecule has 6 heteroatoms. The van der Waals surface area contributed by atoms with Crippen LogP contribution in [-0.2, 0) is 13.0 Å². The van der Waals surface area contributed by atoms with Gasteiger partial charge in [0.25, 0.3) is 0 Å². The Labute approximate surface area is 103 Å². The second kappa shape index (κ2) is 3.64. The molecule has 1 atom stereocenters. The summed E-state index contributed by atoms with van der Waals surface area (Å²) in [7, 11) is 0. The van der Waals surface area contributed by atoms with Gasteiger partial charge >= 0.3 is 0 Å². The molecule has 90 valence electrons. The molecule has 0 aliphatic carbocycles. The van der Waals surface area contributed by atoms with E-state index in [2.05, 4.69) is 30.2 Å². The third-order valence-electron chi connectivity index (χ3n) is 3.36. The van der Waals surface area contributed by atoms with E-state index < -0.39 is 0 Å². The van der Waals surface area contributed by atoms with Crippen LogP contribution in [0.5, 0.6) is 0 Å². The molecular formula is C12H12N6. The van der Waals surface area contributed by atoms with Gasteiger partial charge in [0.15, 0.2) is 0 Å². The molecule has 1 aliphatic heterocycles. The van der Waals surface area contributed by atoms with Crippen molar-refractivity contribution < 1.29 is 0 Å². The molecule has 4 rings (SSSR count). The number of aromatic amines is 2. The van der Waals surface area contributed by atoms with Crippen molar-refractivity contribution in [2.75, 3.05) is 0 Å². The van der Waals surface area contributed by atoms with Gasteiger partial charge in [-0.1, -0.05) is 0 Å². The number of pyridine rings is 1. The van der Waals surface area contributed by atoms with Gasteiger partial charge in [-0.3, -0.25) is 4.98 Å². The van der Waals surface area contributed by atoms with E-state index in [1.54, 1.807) is 18.7 Å². The van der Waals surface area contributed by atoms with Crippen LogP contribution >= 0.6 is 0 Å². The average Bonchev–Trinajstić information content (AvgIpc) is 3.04. The number of imidazole rings is 2. The Morgan fingerprint density at radius 3 is 3.28 bits per heavy atom. The molecule has 0 radical (unpaired) electrons. The zero-order chi connectivity index (χ0) is 11.9. The number of hydrogen-bond donors (Lipinski definition) is 3. The van der Waals surface area contributed by atoms with Crippen LogP contribution in [0, 0.1) is 0 Å². The van der Waals surface area contributed by atoms with Gasteiger partial charge < -0.3 is 15.3 Å². The van der Waals surface area contributed by atoms with E-state index in [9.17, 15) is 0 Å². The van der Waals surface area contributed by atoms with Crippen LogP contribution in [0.25, 0.3) is 11.0 Å². The molecule has 0 amide bonds. The summed E-state index contributed by atoms with van der Waals surface area (Å²) in [6.45, 7) is 0.801. The predicted octanol–water partition coefficient (Wildman–Crippen LogP) is 1.07. The van der Waals surface area contributed by atoms with Crippen molar-refractivity contribution in [2.45, 2.75) is 19.0 Å². The summed E-state index contributed by atoms with van der Waals surface area (Å²) in [6, 6.07) is 2.10. The van der Waals surface area contributed by atoms with Crippen molar-refractivity contribution in [3.05, 3.63) is 42.0 Å². The third kappa shape index (κ3) is 1.42. The topological polar surface area (TPSA) is 82.3 Å².